The van der Waals surface area contributed by atoms with E-state index in [1.807, 2.05) is 0 Å². The first kappa shape index (κ1) is 15.5. The zero-order valence-corrected chi connectivity index (χ0v) is 11.7. The summed E-state index contributed by atoms with van der Waals surface area (Å²) in [4.78, 5) is 14.8. The average Bonchev–Trinajstić information content (AvgIpc) is 2.25. The molecule has 8 heteroatoms. The Morgan fingerprint density at radius 2 is 2.05 bits per heavy atom. The van der Waals surface area contributed by atoms with E-state index < -0.39 is 21.5 Å². The number of hydrogen-bond donors (Lipinski definition) is 3. The molecule has 1 aromatic rings. The number of carbonyl (C=O) groups excluding carboxylic acids is 1. The van der Waals surface area contributed by atoms with Crippen LogP contribution in [0.2, 0.25) is 0 Å². The molecule has 0 aliphatic rings. The second-order valence-electron chi connectivity index (χ2n) is 4.82. The molecule has 0 spiro atoms. The minimum atomic E-state index is -3.75. The van der Waals surface area contributed by atoms with Gasteiger partial charge in [0, 0.05) is 24.7 Å². The summed E-state index contributed by atoms with van der Waals surface area (Å²) in [6.45, 7) is 3.40. The monoisotopic (exact) mass is 286 g/mol. The van der Waals surface area contributed by atoms with Crippen LogP contribution in [-0.2, 0) is 21.4 Å². The van der Waals surface area contributed by atoms with Crippen molar-refractivity contribution in [3.05, 3.63) is 24.0 Å². The molecule has 106 valence electrons. The Balaban J connectivity index is 2.94. The molecule has 0 radical (unpaired) electrons. The van der Waals surface area contributed by atoms with E-state index in [0.717, 1.165) is 0 Å². The van der Waals surface area contributed by atoms with Crippen molar-refractivity contribution in [3.8, 4) is 0 Å². The predicted molar refractivity (Wildman–Crippen MR) is 70.3 cm³/mol. The maximum atomic E-state index is 12.1. The molecule has 0 fully saturated rings. The van der Waals surface area contributed by atoms with E-state index >= 15 is 0 Å². The van der Waals surface area contributed by atoms with Crippen molar-refractivity contribution in [2.45, 2.75) is 37.2 Å². The molecule has 1 amide bonds. The Kier molecular flexibility index (Phi) is 4.61. The highest BCUT2D eigenvalue weighted by Gasteiger charge is 2.28. The van der Waals surface area contributed by atoms with Gasteiger partial charge in [-0.2, -0.15) is 0 Å². The highest BCUT2D eigenvalue weighted by atomic mass is 32.2. The number of rotatable bonds is 6. The van der Waals surface area contributed by atoms with Gasteiger partial charge < -0.3 is 11.5 Å². The lowest BCUT2D eigenvalue weighted by Crippen LogP contribution is -2.45. The number of sulfonamides is 1. The number of aromatic nitrogens is 1. The minimum absolute atomic E-state index is 0.0160. The van der Waals surface area contributed by atoms with Gasteiger partial charge in [0.1, 0.15) is 4.90 Å². The van der Waals surface area contributed by atoms with Gasteiger partial charge in [-0.3, -0.25) is 9.78 Å². The van der Waals surface area contributed by atoms with Crippen LogP contribution in [0, 0.1) is 0 Å². The lowest BCUT2D eigenvalue weighted by molar-refractivity contribution is -0.119. The van der Waals surface area contributed by atoms with Gasteiger partial charge >= 0.3 is 0 Å². The van der Waals surface area contributed by atoms with Gasteiger partial charge in [-0.25, -0.2) is 13.1 Å². The van der Waals surface area contributed by atoms with Crippen molar-refractivity contribution >= 4 is 15.9 Å². The fourth-order valence-electron chi connectivity index (χ4n) is 1.58. The second-order valence-corrected chi connectivity index (χ2v) is 6.50. The largest absolute Gasteiger partial charge is 0.370 e. The predicted octanol–water partition coefficient (Wildman–Crippen LogP) is -0.527. The molecule has 1 heterocycles. The van der Waals surface area contributed by atoms with E-state index in [9.17, 15) is 13.2 Å². The SMILES string of the molecule is CC(C)(CC(N)=O)NS(=O)(=O)c1ccc(CN)nc1. The van der Waals surface area contributed by atoms with Gasteiger partial charge in [-0.1, -0.05) is 0 Å². The van der Waals surface area contributed by atoms with E-state index in [1.54, 1.807) is 13.8 Å². The quantitative estimate of drug-likeness (QED) is 0.647. The molecule has 1 rings (SSSR count). The summed E-state index contributed by atoms with van der Waals surface area (Å²) in [6, 6.07) is 2.95. The van der Waals surface area contributed by atoms with Gasteiger partial charge in [0.05, 0.1) is 5.69 Å². The summed E-state index contributed by atoms with van der Waals surface area (Å²) < 4.78 is 26.6. The normalized spacial score (nSPS) is 12.4. The molecule has 0 bridgehead atoms. The van der Waals surface area contributed by atoms with Gasteiger partial charge in [0.25, 0.3) is 0 Å². The van der Waals surface area contributed by atoms with Crippen LogP contribution < -0.4 is 16.2 Å². The molecule has 1 aromatic heterocycles. The Labute approximate surface area is 112 Å². The fraction of sp³-hybridized carbons (Fsp3) is 0.455. The van der Waals surface area contributed by atoms with E-state index in [4.69, 9.17) is 11.5 Å². The number of amides is 1. The van der Waals surface area contributed by atoms with E-state index in [-0.39, 0.29) is 17.9 Å². The second kappa shape index (κ2) is 5.64. The van der Waals surface area contributed by atoms with Crippen LogP contribution in [0.5, 0.6) is 0 Å². The number of hydrogen-bond acceptors (Lipinski definition) is 5. The first-order chi connectivity index (χ1) is 8.66. The van der Waals surface area contributed by atoms with E-state index in [2.05, 4.69) is 9.71 Å². The highest BCUT2D eigenvalue weighted by Crippen LogP contribution is 2.15. The molecular formula is C11H18N4O3S. The topological polar surface area (TPSA) is 128 Å². The highest BCUT2D eigenvalue weighted by molar-refractivity contribution is 7.89. The molecule has 0 aromatic carbocycles. The molecule has 0 aliphatic carbocycles. The van der Waals surface area contributed by atoms with Gasteiger partial charge in [-0.15, -0.1) is 0 Å². The Morgan fingerprint density at radius 3 is 2.47 bits per heavy atom. The van der Waals surface area contributed by atoms with Gasteiger partial charge in [-0.05, 0) is 26.0 Å². The first-order valence-corrected chi connectivity index (χ1v) is 7.12. The van der Waals surface area contributed by atoms with Crippen molar-refractivity contribution in [1.82, 2.24) is 9.71 Å². The van der Waals surface area contributed by atoms with Crippen molar-refractivity contribution in [1.29, 1.82) is 0 Å². The molecular weight excluding hydrogens is 268 g/mol. The summed E-state index contributed by atoms with van der Waals surface area (Å²) in [5, 5.41) is 0. The standard InChI is InChI=1S/C11H18N4O3S/c1-11(2,5-10(13)16)15-19(17,18)9-4-3-8(6-12)14-7-9/h3-4,7,15H,5-6,12H2,1-2H3,(H2,13,16). The molecule has 0 saturated carbocycles. The smallest absolute Gasteiger partial charge is 0.242 e. The molecule has 0 unspecified atom stereocenters. The zero-order chi connectivity index (χ0) is 14.7. The average molecular weight is 286 g/mol. The van der Waals surface area contributed by atoms with Crippen LogP contribution in [0.15, 0.2) is 23.2 Å². The number of pyridine rings is 1. The molecule has 0 saturated heterocycles. The Hall–Kier alpha value is -1.51. The number of primary amides is 1. The van der Waals surface area contributed by atoms with Crippen LogP contribution in [0.4, 0.5) is 0 Å². The Morgan fingerprint density at radius 1 is 1.42 bits per heavy atom. The first-order valence-electron chi connectivity index (χ1n) is 5.63. The summed E-state index contributed by atoms with van der Waals surface area (Å²) >= 11 is 0. The number of nitrogens with two attached hydrogens (primary N) is 2. The van der Waals surface area contributed by atoms with Gasteiger partial charge in [0.2, 0.25) is 15.9 Å². The van der Waals surface area contributed by atoms with Crippen LogP contribution >= 0.6 is 0 Å². The van der Waals surface area contributed by atoms with Crippen molar-refractivity contribution in [2.24, 2.45) is 11.5 Å². The fourth-order valence-corrected chi connectivity index (χ4v) is 2.94. The lowest BCUT2D eigenvalue weighted by Gasteiger charge is -2.24. The molecule has 19 heavy (non-hydrogen) atoms. The van der Waals surface area contributed by atoms with Crippen molar-refractivity contribution in [2.75, 3.05) is 0 Å². The zero-order valence-electron chi connectivity index (χ0n) is 10.9. The lowest BCUT2D eigenvalue weighted by atomic mass is 10.0. The number of nitrogens with one attached hydrogen (secondary N) is 1. The summed E-state index contributed by atoms with van der Waals surface area (Å²) in [5.41, 5.74) is 10.1. The Bertz CT molecular complexity index is 552. The number of carbonyl (C=O) groups is 1. The third kappa shape index (κ3) is 4.58. The van der Waals surface area contributed by atoms with Gasteiger partial charge in [0.15, 0.2) is 0 Å². The minimum Gasteiger partial charge on any atom is -0.370 e. The molecule has 7 nitrogen and oxygen atoms in total. The molecule has 0 aliphatic heterocycles. The third-order valence-electron chi connectivity index (χ3n) is 2.34. The maximum absolute atomic E-state index is 12.1. The van der Waals surface area contributed by atoms with Crippen LogP contribution in [0.3, 0.4) is 0 Å². The van der Waals surface area contributed by atoms with Crippen LogP contribution in [-0.4, -0.2) is 24.8 Å². The summed E-state index contributed by atoms with van der Waals surface area (Å²) in [7, 11) is -3.75. The van der Waals surface area contributed by atoms with E-state index in [1.165, 1.54) is 18.3 Å². The van der Waals surface area contributed by atoms with Crippen LogP contribution in [0.25, 0.3) is 0 Å². The van der Waals surface area contributed by atoms with Crippen molar-refractivity contribution < 1.29 is 13.2 Å². The maximum Gasteiger partial charge on any atom is 0.242 e. The van der Waals surface area contributed by atoms with E-state index in [0.29, 0.717) is 5.69 Å². The summed E-state index contributed by atoms with van der Waals surface area (Å²) in [6.07, 6.45) is 1.13. The van der Waals surface area contributed by atoms with Crippen molar-refractivity contribution in [3.63, 3.8) is 0 Å². The molecule has 5 N–H and O–H groups in total. The molecule has 0 atom stereocenters. The summed E-state index contributed by atoms with van der Waals surface area (Å²) in [5.74, 6) is -0.579. The third-order valence-corrected chi connectivity index (χ3v) is 4.03. The number of nitrogens with zero attached hydrogens (tertiary/aromatic N) is 1. The van der Waals surface area contributed by atoms with Crippen LogP contribution in [0.1, 0.15) is 26.0 Å².